The highest BCUT2D eigenvalue weighted by Gasteiger charge is 2.44. The van der Waals surface area contributed by atoms with Crippen molar-refractivity contribution in [2.75, 3.05) is 36.3 Å². The number of rotatable bonds is 4. The molecule has 0 saturated carbocycles. The van der Waals surface area contributed by atoms with Crippen molar-refractivity contribution >= 4 is 27.5 Å². The predicted octanol–water partition coefficient (Wildman–Crippen LogP) is 0.785. The molecule has 0 radical (unpaired) electrons. The molecule has 2 aliphatic rings. The van der Waals surface area contributed by atoms with Gasteiger partial charge in [-0.2, -0.15) is 0 Å². The molecular formula is C19H24N6O5S. The Morgan fingerprint density at radius 2 is 1.90 bits per heavy atom. The van der Waals surface area contributed by atoms with Gasteiger partial charge in [-0.3, -0.25) is 10.1 Å². The van der Waals surface area contributed by atoms with Crippen LogP contribution in [0.4, 0.5) is 11.8 Å². The lowest BCUT2D eigenvalue weighted by molar-refractivity contribution is 0.0481. The first-order valence-electron chi connectivity index (χ1n) is 9.79. The van der Waals surface area contributed by atoms with Crippen LogP contribution in [-0.4, -0.2) is 72.4 Å². The molecule has 11 nitrogen and oxygen atoms in total. The second-order valence-electron chi connectivity index (χ2n) is 8.12. The maximum absolute atomic E-state index is 12.9. The minimum Gasteiger partial charge on any atom is -0.486 e. The van der Waals surface area contributed by atoms with Crippen LogP contribution >= 0.6 is 0 Å². The highest BCUT2D eigenvalue weighted by Crippen LogP contribution is 2.43. The number of ether oxygens (including phenoxy) is 2. The lowest BCUT2D eigenvalue weighted by Gasteiger charge is -2.45. The molecule has 1 amide bonds. The number of anilines is 2. The lowest BCUT2D eigenvalue weighted by Crippen LogP contribution is -2.56. The summed E-state index contributed by atoms with van der Waals surface area (Å²) in [4.78, 5) is 31.7. The molecule has 166 valence electrons. The van der Waals surface area contributed by atoms with Crippen LogP contribution in [0.2, 0.25) is 0 Å². The third-order valence-electron chi connectivity index (χ3n) is 5.54. The van der Waals surface area contributed by atoms with Crippen molar-refractivity contribution in [2.24, 2.45) is 0 Å². The van der Waals surface area contributed by atoms with Gasteiger partial charge < -0.3 is 14.4 Å². The molecule has 1 fully saturated rings. The van der Waals surface area contributed by atoms with E-state index in [-0.39, 0.29) is 35.3 Å². The Hall–Kier alpha value is -2.86. The van der Waals surface area contributed by atoms with Crippen LogP contribution in [0.3, 0.4) is 0 Å². The highest BCUT2D eigenvalue weighted by atomic mass is 32.2. The number of nitrogens with zero attached hydrogens (tertiary/aromatic N) is 5. The van der Waals surface area contributed by atoms with E-state index in [4.69, 9.17) is 9.47 Å². The zero-order chi connectivity index (χ0) is 22.4. The quantitative estimate of drug-likeness (QED) is 0.714. The molecule has 0 aliphatic carbocycles. The number of aromatic nitrogens is 4. The number of sulfone groups is 1. The van der Waals surface area contributed by atoms with E-state index in [9.17, 15) is 13.2 Å². The smallest absolute Gasteiger partial charge is 0.295 e. The minimum atomic E-state index is -3.60. The Morgan fingerprint density at radius 3 is 2.58 bits per heavy atom. The van der Waals surface area contributed by atoms with Crippen molar-refractivity contribution in [3.63, 3.8) is 0 Å². The average Bonchev–Trinajstić information content (AvgIpc) is 2.72. The summed E-state index contributed by atoms with van der Waals surface area (Å²) >= 11 is 0. The van der Waals surface area contributed by atoms with Crippen LogP contribution in [0.15, 0.2) is 18.5 Å². The SMILES string of the molecule is C[C@@H]1COC[C@H]2COc3c(nc(C(=O)Nc4ncccn4)nc3C(C)(C)S(C)(=O)=O)N21. The number of hydrogen-bond acceptors (Lipinski definition) is 10. The summed E-state index contributed by atoms with van der Waals surface area (Å²) in [5.74, 6) is -0.101. The summed E-state index contributed by atoms with van der Waals surface area (Å²) < 4.78 is 35.3. The Balaban J connectivity index is 1.86. The highest BCUT2D eigenvalue weighted by molar-refractivity contribution is 7.91. The number of nitrogens with one attached hydrogen (secondary N) is 1. The van der Waals surface area contributed by atoms with E-state index < -0.39 is 20.5 Å². The molecule has 2 aromatic heterocycles. The Morgan fingerprint density at radius 1 is 1.19 bits per heavy atom. The van der Waals surface area contributed by atoms with Gasteiger partial charge in [-0.25, -0.2) is 28.4 Å². The molecule has 0 aromatic carbocycles. The molecule has 0 unspecified atom stereocenters. The summed E-state index contributed by atoms with van der Waals surface area (Å²) in [5.41, 5.74) is 0.135. The molecule has 12 heteroatoms. The second-order valence-corrected chi connectivity index (χ2v) is 10.7. The standard InChI is InChI=1S/C19H24N6O5S/c1-11-8-29-9-12-10-30-13-14(19(2,3)31(4,27)28)22-15(23-16(13)25(11)12)17(26)24-18-20-6-5-7-21-18/h5-7,11-12H,8-10H2,1-4H3,(H,20,21,24,26)/t11-,12+/m1/s1. The van der Waals surface area contributed by atoms with Crippen LogP contribution in [0, 0.1) is 0 Å². The Kier molecular flexibility index (Phi) is 5.30. The summed E-state index contributed by atoms with van der Waals surface area (Å²) in [6, 6.07) is 1.47. The molecule has 1 N–H and O–H groups in total. The average molecular weight is 449 g/mol. The van der Waals surface area contributed by atoms with Crippen molar-refractivity contribution in [1.82, 2.24) is 19.9 Å². The van der Waals surface area contributed by atoms with Crippen molar-refractivity contribution in [3.8, 4) is 5.75 Å². The van der Waals surface area contributed by atoms with Gasteiger partial charge >= 0.3 is 0 Å². The summed E-state index contributed by atoms with van der Waals surface area (Å²) in [5, 5.41) is 2.55. The number of carbonyl (C=O) groups is 1. The topological polar surface area (TPSA) is 136 Å². The van der Waals surface area contributed by atoms with Crippen molar-refractivity contribution in [3.05, 3.63) is 30.0 Å². The molecule has 0 spiro atoms. The van der Waals surface area contributed by atoms with Crippen molar-refractivity contribution in [1.29, 1.82) is 0 Å². The maximum atomic E-state index is 12.9. The molecule has 4 heterocycles. The zero-order valence-corrected chi connectivity index (χ0v) is 18.5. The molecule has 2 aliphatic heterocycles. The summed E-state index contributed by atoms with van der Waals surface area (Å²) in [7, 11) is -3.60. The fraction of sp³-hybridized carbons (Fsp3) is 0.526. The lowest BCUT2D eigenvalue weighted by atomic mass is 10.0. The third-order valence-corrected chi connectivity index (χ3v) is 7.59. The van der Waals surface area contributed by atoms with Gasteiger partial charge in [-0.05, 0) is 26.8 Å². The molecule has 0 bridgehead atoms. The number of fused-ring (bicyclic) bond motifs is 3. The third kappa shape index (κ3) is 3.81. The van der Waals surface area contributed by atoms with Crippen LogP contribution in [0.1, 0.15) is 37.1 Å². The zero-order valence-electron chi connectivity index (χ0n) is 17.7. The Labute approximate surface area is 180 Å². The molecule has 1 saturated heterocycles. The van der Waals surface area contributed by atoms with Crippen LogP contribution < -0.4 is 15.0 Å². The number of hydrogen-bond donors (Lipinski definition) is 1. The van der Waals surface area contributed by atoms with Gasteiger partial charge in [-0.15, -0.1) is 0 Å². The number of carbonyl (C=O) groups excluding carboxylic acids is 1. The first-order chi connectivity index (χ1) is 14.6. The van der Waals surface area contributed by atoms with Crippen molar-refractivity contribution < 1.29 is 22.7 Å². The monoisotopic (exact) mass is 448 g/mol. The van der Waals surface area contributed by atoms with Gasteiger partial charge in [-0.1, -0.05) is 0 Å². The van der Waals surface area contributed by atoms with Crippen LogP contribution in [-0.2, 0) is 19.3 Å². The summed E-state index contributed by atoms with van der Waals surface area (Å²) in [6.45, 7) is 6.26. The normalized spacial score (nSPS) is 21.0. The van der Waals surface area contributed by atoms with Crippen LogP contribution in [0.5, 0.6) is 5.75 Å². The van der Waals surface area contributed by atoms with E-state index >= 15 is 0 Å². The molecule has 4 rings (SSSR count). The van der Waals surface area contributed by atoms with Gasteiger partial charge in [0.15, 0.2) is 21.4 Å². The first kappa shape index (κ1) is 21.4. The van der Waals surface area contributed by atoms with E-state index in [0.717, 1.165) is 6.26 Å². The molecule has 2 atom stereocenters. The second kappa shape index (κ2) is 7.68. The predicted molar refractivity (Wildman–Crippen MR) is 112 cm³/mol. The fourth-order valence-electron chi connectivity index (χ4n) is 3.54. The van der Waals surface area contributed by atoms with Gasteiger partial charge in [0.05, 0.1) is 25.3 Å². The largest absolute Gasteiger partial charge is 0.486 e. The van der Waals surface area contributed by atoms with E-state index in [1.54, 1.807) is 6.07 Å². The molecule has 31 heavy (non-hydrogen) atoms. The van der Waals surface area contributed by atoms with Crippen molar-refractivity contribution in [2.45, 2.75) is 37.6 Å². The first-order valence-corrected chi connectivity index (χ1v) is 11.7. The molecular weight excluding hydrogens is 424 g/mol. The van der Waals surface area contributed by atoms with E-state index in [1.807, 2.05) is 11.8 Å². The molecule has 2 aromatic rings. The van der Waals surface area contributed by atoms with Crippen LogP contribution in [0.25, 0.3) is 0 Å². The fourth-order valence-corrected chi connectivity index (χ4v) is 4.03. The number of amides is 1. The van der Waals surface area contributed by atoms with Gasteiger partial charge in [0, 0.05) is 18.6 Å². The van der Waals surface area contributed by atoms with Gasteiger partial charge in [0.1, 0.15) is 17.0 Å². The maximum Gasteiger partial charge on any atom is 0.295 e. The summed E-state index contributed by atoms with van der Waals surface area (Å²) in [6.07, 6.45) is 4.10. The Bertz CT molecular complexity index is 1110. The van der Waals surface area contributed by atoms with E-state index in [2.05, 4.69) is 25.3 Å². The van der Waals surface area contributed by atoms with Gasteiger partial charge in [0.2, 0.25) is 11.8 Å². The van der Waals surface area contributed by atoms with Gasteiger partial charge in [0.25, 0.3) is 5.91 Å². The van der Waals surface area contributed by atoms with E-state index in [0.29, 0.717) is 25.6 Å². The number of morpholine rings is 1. The minimum absolute atomic E-state index is 0.0427. The van der Waals surface area contributed by atoms with E-state index in [1.165, 1.54) is 26.2 Å².